The molecule has 1 heterocycles. The Hall–Kier alpha value is -2.12. The van der Waals surface area contributed by atoms with Gasteiger partial charge < -0.3 is 9.47 Å². The van der Waals surface area contributed by atoms with E-state index in [1.165, 1.54) is 15.9 Å². The largest absolute Gasteiger partial charge is 0.353 e. The van der Waals surface area contributed by atoms with Gasteiger partial charge in [0, 0.05) is 0 Å². The summed E-state index contributed by atoms with van der Waals surface area (Å²) < 4.78 is 9.44. The molecule has 1 saturated heterocycles. The summed E-state index contributed by atoms with van der Waals surface area (Å²) in [7, 11) is 0. The van der Waals surface area contributed by atoms with Crippen LogP contribution in [-0.2, 0) is 9.47 Å². The van der Waals surface area contributed by atoms with Gasteiger partial charge in [-0.05, 0) is 22.8 Å². The third kappa shape index (κ3) is 4.29. The lowest BCUT2D eigenvalue weighted by atomic mass is 10.4. The second kappa shape index (κ2) is 8.82. The van der Waals surface area contributed by atoms with Crippen LogP contribution in [0.4, 0.5) is 0 Å². The lowest BCUT2D eigenvalue weighted by Gasteiger charge is -2.26. The summed E-state index contributed by atoms with van der Waals surface area (Å²) in [6, 6.07) is 31.9. The van der Waals surface area contributed by atoms with Crippen LogP contribution in [0, 0.1) is 0 Å². The Balaban J connectivity index is 0.000000314. The van der Waals surface area contributed by atoms with E-state index in [4.69, 9.17) is 15.8 Å². The minimum Gasteiger partial charge on any atom is -0.353 e. The number of ether oxygens (including phenoxy) is 2. The predicted octanol–water partition coefficient (Wildman–Crippen LogP) is 3.40. The van der Waals surface area contributed by atoms with E-state index in [2.05, 4.69) is 91.0 Å². The molecule has 0 atom stereocenters. The molecule has 0 N–H and O–H groups in total. The van der Waals surface area contributed by atoms with Crippen LogP contribution < -0.4 is 15.9 Å². The van der Waals surface area contributed by atoms with Crippen LogP contribution in [0.2, 0.25) is 0 Å². The van der Waals surface area contributed by atoms with Crippen molar-refractivity contribution in [3.05, 3.63) is 91.0 Å². The molecule has 0 unspecified atom stereocenters. The maximum atomic E-state index is 4.72. The summed E-state index contributed by atoms with van der Waals surface area (Å²) in [5.41, 5.74) is 0. The van der Waals surface area contributed by atoms with Gasteiger partial charge in [-0.15, -0.1) is 0 Å². The fourth-order valence-corrected chi connectivity index (χ4v) is 5.73. The Morgan fingerprint density at radius 3 is 1.12 bits per heavy atom. The van der Waals surface area contributed by atoms with Crippen molar-refractivity contribution in [2.24, 2.45) is 0 Å². The van der Waals surface area contributed by atoms with Gasteiger partial charge in [0.05, 0.1) is 13.2 Å². The average molecular weight is 350 g/mol. The predicted molar refractivity (Wildman–Crippen MR) is 109 cm³/mol. The molecule has 3 heteroatoms. The lowest BCUT2D eigenvalue weighted by molar-refractivity contribution is 0.0692. The molecule has 0 aromatic heterocycles. The van der Waals surface area contributed by atoms with Crippen molar-refractivity contribution in [3.63, 3.8) is 0 Å². The van der Waals surface area contributed by atoms with Crippen LogP contribution in [-0.4, -0.2) is 26.3 Å². The topological polar surface area (TPSA) is 18.5 Å². The minimum atomic E-state index is -1.78. The molecule has 1 fully saturated rings. The minimum absolute atomic E-state index is 0.500. The third-order valence-corrected chi connectivity index (χ3v) is 7.67. The zero-order valence-corrected chi connectivity index (χ0v) is 15.1. The smallest absolute Gasteiger partial charge is 0.146 e. The Bertz CT molecular complexity index is 686. The van der Waals surface area contributed by atoms with Crippen LogP contribution in [0.25, 0.3) is 0 Å². The first-order valence-electron chi connectivity index (χ1n) is 8.37. The summed E-state index contributed by atoms with van der Waals surface area (Å²) in [6.07, 6.45) is 4.69. The summed E-state index contributed by atoms with van der Waals surface area (Å²) in [6.45, 7) is 0.279. The van der Waals surface area contributed by atoms with E-state index < -0.39 is 6.89 Å². The summed E-state index contributed by atoms with van der Waals surface area (Å²) in [5, 5.41) is 3.95. The maximum Gasteiger partial charge on any atom is 0.146 e. The van der Waals surface area contributed by atoms with E-state index in [1.54, 1.807) is 0 Å². The molecule has 3 aromatic rings. The van der Waals surface area contributed by atoms with Gasteiger partial charge in [-0.3, -0.25) is 0 Å². The van der Waals surface area contributed by atoms with Crippen molar-refractivity contribution in [3.8, 4) is 0 Å². The van der Waals surface area contributed by atoms with Crippen LogP contribution in [0.15, 0.2) is 91.0 Å². The van der Waals surface area contributed by atoms with Gasteiger partial charge in [0.25, 0.3) is 0 Å². The average Bonchev–Trinajstić information content (AvgIpc) is 3.30. The highest BCUT2D eigenvalue weighted by atomic mass is 31.2. The van der Waals surface area contributed by atoms with Crippen molar-refractivity contribution >= 4 is 29.1 Å². The number of hydrogen-bond acceptors (Lipinski definition) is 2. The second-order valence-corrected chi connectivity index (χ2v) is 8.92. The molecule has 128 valence electrons. The fourth-order valence-electron chi connectivity index (χ4n) is 2.79. The van der Waals surface area contributed by atoms with Crippen LogP contribution in [0.5, 0.6) is 0 Å². The first kappa shape index (κ1) is 17.7. The molecule has 0 aliphatic carbocycles. The molecule has 0 amide bonds. The van der Waals surface area contributed by atoms with Crippen LogP contribution in [0.1, 0.15) is 0 Å². The highest BCUT2D eigenvalue weighted by Crippen LogP contribution is 2.41. The normalized spacial score (nSPS) is 13.8. The van der Waals surface area contributed by atoms with E-state index in [9.17, 15) is 0 Å². The Morgan fingerprint density at radius 1 is 0.560 bits per heavy atom. The molecule has 1 aliphatic rings. The Morgan fingerprint density at radius 2 is 0.880 bits per heavy atom. The van der Waals surface area contributed by atoms with Crippen molar-refractivity contribution in [2.75, 3.05) is 20.0 Å². The molecule has 0 saturated carbocycles. The summed E-state index contributed by atoms with van der Waals surface area (Å²) in [5.74, 6) is 0. The molecule has 3 aromatic carbocycles. The zero-order valence-electron chi connectivity index (χ0n) is 14.3. The molecule has 1 aliphatic heterocycles. The van der Waals surface area contributed by atoms with E-state index >= 15 is 0 Å². The van der Waals surface area contributed by atoms with Gasteiger partial charge in [-0.25, -0.2) is 0 Å². The standard InChI is InChI=1S/C19H17P.C3H6O2/c1-20(17-11-5-2-6-12-17,18-13-7-3-8-14-18)19-15-9-4-10-16-19;1-2-5-3-4-1/h2-16H,1H2;1-3H2. The monoisotopic (exact) mass is 350 g/mol. The number of hydrogen-bond donors (Lipinski definition) is 0. The molecule has 0 bridgehead atoms. The van der Waals surface area contributed by atoms with Gasteiger partial charge >= 0.3 is 0 Å². The third-order valence-electron chi connectivity index (χ3n) is 4.13. The van der Waals surface area contributed by atoms with Gasteiger partial charge in [-0.2, -0.15) is 0 Å². The van der Waals surface area contributed by atoms with Crippen molar-refractivity contribution in [2.45, 2.75) is 0 Å². The molecule has 2 nitrogen and oxygen atoms in total. The molecule has 25 heavy (non-hydrogen) atoms. The lowest BCUT2D eigenvalue weighted by Crippen LogP contribution is -2.25. The highest BCUT2D eigenvalue weighted by molar-refractivity contribution is 7.93. The van der Waals surface area contributed by atoms with Gasteiger partial charge in [0.15, 0.2) is 0 Å². The van der Waals surface area contributed by atoms with Crippen molar-refractivity contribution in [1.82, 2.24) is 0 Å². The molecular weight excluding hydrogens is 327 g/mol. The molecule has 0 spiro atoms. The van der Waals surface area contributed by atoms with Crippen LogP contribution in [0.3, 0.4) is 0 Å². The SMILES string of the molecule is C1COCO1.C=P(c1ccccc1)(c1ccccc1)c1ccccc1. The quantitative estimate of drug-likeness (QED) is 0.674. The summed E-state index contributed by atoms with van der Waals surface area (Å²) >= 11 is 0. The Labute approximate surface area is 150 Å². The Kier molecular flexibility index (Phi) is 6.25. The maximum absolute atomic E-state index is 4.72. The summed E-state index contributed by atoms with van der Waals surface area (Å²) in [4.78, 5) is 0. The molecule has 0 radical (unpaired) electrons. The second-order valence-electron chi connectivity index (χ2n) is 5.75. The highest BCUT2D eigenvalue weighted by Gasteiger charge is 2.21. The first-order chi connectivity index (χ1) is 12.3. The van der Waals surface area contributed by atoms with Gasteiger partial charge in [0.2, 0.25) is 0 Å². The van der Waals surface area contributed by atoms with Crippen molar-refractivity contribution in [1.29, 1.82) is 0 Å². The fraction of sp³-hybridized carbons (Fsp3) is 0.136. The zero-order chi connectivity index (χ0) is 17.4. The van der Waals surface area contributed by atoms with Crippen molar-refractivity contribution < 1.29 is 9.47 Å². The van der Waals surface area contributed by atoms with E-state index in [0.29, 0.717) is 6.79 Å². The number of rotatable bonds is 3. The first-order valence-corrected chi connectivity index (χ1v) is 10.3. The van der Waals surface area contributed by atoms with E-state index in [-0.39, 0.29) is 0 Å². The molecular formula is C22H23O2P. The van der Waals surface area contributed by atoms with E-state index in [1.807, 2.05) is 0 Å². The van der Waals surface area contributed by atoms with Gasteiger partial charge in [-0.1, -0.05) is 97.3 Å². The number of benzene rings is 3. The van der Waals surface area contributed by atoms with Gasteiger partial charge in [0.1, 0.15) is 6.79 Å². The molecule has 4 rings (SSSR count). The van der Waals surface area contributed by atoms with Crippen LogP contribution >= 0.6 is 6.89 Å². The van der Waals surface area contributed by atoms with E-state index in [0.717, 1.165) is 13.2 Å².